The Labute approximate surface area is 231 Å². The predicted molar refractivity (Wildman–Crippen MR) is 149 cm³/mol. The molecule has 0 bridgehead atoms. The number of carbonyl (C=O) groups excluding carboxylic acids is 1. The zero-order chi connectivity index (χ0) is 26.1. The van der Waals surface area contributed by atoms with Gasteiger partial charge in [-0.1, -0.05) is 11.6 Å². The van der Waals surface area contributed by atoms with Gasteiger partial charge in [-0.25, -0.2) is 14.4 Å². The van der Waals surface area contributed by atoms with Crippen molar-refractivity contribution in [3.05, 3.63) is 70.9 Å². The second-order valence-corrected chi connectivity index (χ2v) is 9.56. The standard InChI is InChI=1S/C27H28ClFN6O2.ClH/c1-16-13-18(3-4-19(16)27(36)34-10-7-17(14-30)8-11-34)33-25-26-32-15-21(35(26)12-9-31-25)20-5-6-22(37-2)24(29)23(20)28;/h3-6,9,12-13,15,17H,7-8,10-11,14,30H2,1-2H3,(H,31,33);1H. The number of hydrogen-bond acceptors (Lipinski definition) is 6. The topological polar surface area (TPSA) is 97.8 Å². The molecule has 0 saturated carbocycles. The first-order chi connectivity index (χ1) is 17.9. The van der Waals surface area contributed by atoms with E-state index < -0.39 is 5.82 Å². The first kappa shape index (κ1) is 27.6. The van der Waals surface area contributed by atoms with Crippen molar-refractivity contribution in [1.82, 2.24) is 19.3 Å². The van der Waals surface area contributed by atoms with E-state index >= 15 is 0 Å². The number of nitrogens with zero attached hydrogens (tertiary/aromatic N) is 4. The lowest BCUT2D eigenvalue weighted by Gasteiger charge is -2.31. The molecule has 0 aliphatic carbocycles. The van der Waals surface area contributed by atoms with E-state index in [1.54, 1.807) is 29.1 Å². The molecule has 1 aliphatic heterocycles. The lowest BCUT2D eigenvalue weighted by atomic mass is 9.96. The highest BCUT2D eigenvalue weighted by Gasteiger charge is 2.24. The number of likely N-dealkylation sites (tertiary alicyclic amines) is 1. The summed E-state index contributed by atoms with van der Waals surface area (Å²) in [6.07, 6.45) is 6.87. The smallest absolute Gasteiger partial charge is 0.254 e. The second kappa shape index (κ2) is 11.6. The number of aryl methyl sites for hydroxylation is 1. The van der Waals surface area contributed by atoms with Crippen molar-refractivity contribution in [2.45, 2.75) is 19.8 Å². The molecule has 3 heterocycles. The van der Waals surface area contributed by atoms with Crippen LogP contribution in [0.5, 0.6) is 5.75 Å². The van der Waals surface area contributed by atoms with E-state index in [1.165, 1.54) is 13.2 Å². The molecule has 0 unspecified atom stereocenters. The van der Waals surface area contributed by atoms with Gasteiger partial charge in [0.05, 0.1) is 24.0 Å². The lowest BCUT2D eigenvalue weighted by Crippen LogP contribution is -2.40. The van der Waals surface area contributed by atoms with Gasteiger partial charge in [-0.15, -0.1) is 12.4 Å². The molecule has 1 saturated heterocycles. The zero-order valence-corrected chi connectivity index (χ0v) is 22.7. The highest BCUT2D eigenvalue weighted by molar-refractivity contribution is 6.33. The van der Waals surface area contributed by atoms with Crippen LogP contribution >= 0.6 is 24.0 Å². The number of methoxy groups -OCH3 is 1. The second-order valence-electron chi connectivity index (χ2n) is 9.18. The summed E-state index contributed by atoms with van der Waals surface area (Å²) < 4.78 is 21.4. The van der Waals surface area contributed by atoms with Crippen LogP contribution in [0.15, 0.2) is 48.9 Å². The summed E-state index contributed by atoms with van der Waals surface area (Å²) in [6.45, 7) is 4.06. The van der Waals surface area contributed by atoms with Gasteiger partial charge in [0.25, 0.3) is 5.91 Å². The summed E-state index contributed by atoms with van der Waals surface area (Å²) in [5.41, 5.74) is 9.75. The van der Waals surface area contributed by atoms with Crippen molar-refractivity contribution >= 4 is 47.1 Å². The molecule has 1 fully saturated rings. The summed E-state index contributed by atoms with van der Waals surface area (Å²) in [4.78, 5) is 23.9. The maximum Gasteiger partial charge on any atom is 0.254 e. The van der Waals surface area contributed by atoms with E-state index in [9.17, 15) is 9.18 Å². The van der Waals surface area contributed by atoms with Gasteiger partial charge in [0.1, 0.15) is 0 Å². The lowest BCUT2D eigenvalue weighted by molar-refractivity contribution is 0.0692. The third-order valence-electron chi connectivity index (χ3n) is 6.93. The van der Waals surface area contributed by atoms with Crippen molar-refractivity contribution in [2.75, 3.05) is 32.1 Å². The molecule has 3 N–H and O–H groups in total. The Hall–Kier alpha value is -3.40. The third-order valence-corrected chi connectivity index (χ3v) is 7.29. The van der Waals surface area contributed by atoms with E-state index in [0.29, 0.717) is 40.7 Å². The van der Waals surface area contributed by atoms with Gasteiger partial charge >= 0.3 is 0 Å². The van der Waals surface area contributed by atoms with Crippen molar-refractivity contribution in [3.63, 3.8) is 0 Å². The average Bonchev–Trinajstić information content (AvgIpc) is 3.35. The minimum absolute atomic E-state index is 0. The Bertz CT molecular complexity index is 1470. The number of halogens is 3. The number of nitrogens with two attached hydrogens (primary N) is 1. The molecular formula is C27H29Cl2FN6O2. The number of imidazole rings is 1. The molecule has 38 heavy (non-hydrogen) atoms. The summed E-state index contributed by atoms with van der Waals surface area (Å²) in [5, 5.41) is 3.25. The molecule has 8 nitrogen and oxygen atoms in total. The highest BCUT2D eigenvalue weighted by atomic mass is 35.5. The van der Waals surface area contributed by atoms with E-state index in [-0.39, 0.29) is 29.1 Å². The molecule has 2 aromatic heterocycles. The first-order valence-electron chi connectivity index (χ1n) is 12.1. The fraction of sp³-hybridized carbons (Fsp3) is 0.296. The summed E-state index contributed by atoms with van der Waals surface area (Å²) >= 11 is 6.30. The van der Waals surface area contributed by atoms with Crippen LogP contribution in [0.3, 0.4) is 0 Å². The molecule has 4 aromatic rings. The minimum atomic E-state index is -0.627. The molecule has 1 aliphatic rings. The number of fused-ring (bicyclic) bond motifs is 1. The number of piperidine rings is 1. The van der Waals surface area contributed by atoms with Crippen molar-refractivity contribution < 1.29 is 13.9 Å². The molecule has 1 amide bonds. The predicted octanol–water partition coefficient (Wildman–Crippen LogP) is 5.48. The quantitative estimate of drug-likeness (QED) is 0.325. The molecule has 5 rings (SSSR count). The Morgan fingerprint density at radius 3 is 2.68 bits per heavy atom. The number of rotatable bonds is 6. The fourth-order valence-electron chi connectivity index (χ4n) is 4.75. The van der Waals surface area contributed by atoms with E-state index in [0.717, 1.165) is 37.2 Å². The van der Waals surface area contributed by atoms with Gasteiger partial charge in [0.15, 0.2) is 23.0 Å². The molecular weight excluding hydrogens is 530 g/mol. The Morgan fingerprint density at radius 2 is 2.00 bits per heavy atom. The first-order valence-corrected chi connectivity index (χ1v) is 12.5. The summed E-state index contributed by atoms with van der Waals surface area (Å²) in [5.74, 6) is 0.499. The Balaban J connectivity index is 0.00000336. The minimum Gasteiger partial charge on any atom is -0.494 e. The third kappa shape index (κ3) is 5.14. The number of nitrogens with one attached hydrogen (secondary N) is 1. The normalized spacial score (nSPS) is 13.9. The number of carbonyl (C=O) groups is 1. The van der Waals surface area contributed by atoms with Crippen LogP contribution in [0.1, 0.15) is 28.8 Å². The molecule has 0 radical (unpaired) electrons. The van der Waals surface area contributed by atoms with Crippen LogP contribution in [0.25, 0.3) is 16.9 Å². The maximum absolute atomic E-state index is 14.6. The summed E-state index contributed by atoms with van der Waals surface area (Å²) in [6, 6.07) is 8.84. The van der Waals surface area contributed by atoms with Gasteiger partial charge in [0.2, 0.25) is 0 Å². The highest BCUT2D eigenvalue weighted by Crippen LogP contribution is 2.35. The average molecular weight is 559 g/mol. The van der Waals surface area contributed by atoms with Gasteiger partial charge < -0.3 is 20.7 Å². The van der Waals surface area contributed by atoms with E-state index in [4.69, 9.17) is 22.1 Å². The number of ether oxygens (including phenoxy) is 1. The van der Waals surface area contributed by atoms with Crippen molar-refractivity contribution in [1.29, 1.82) is 0 Å². The molecule has 11 heteroatoms. The van der Waals surface area contributed by atoms with Crippen molar-refractivity contribution in [2.24, 2.45) is 11.7 Å². The number of hydrogen-bond donors (Lipinski definition) is 2. The van der Waals surface area contributed by atoms with Gasteiger partial charge in [-0.3, -0.25) is 9.20 Å². The molecule has 0 spiro atoms. The zero-order valence-electron chi connectivity index (χ0n) is 21.1. The molecule has 200 valence electrons. The van der Waals surface area contributed by atoms with E-state index in [2.05, 4.69) is 15.3 Å². The van der Waals surface area contributed by atoms with Gasteiger partial charge in [-0.05, 0) is 68.1 Å². The Kier molecular flexibility index (Phi) is 8.40. The largest absolute Gasteiger partial charge is 0.494 e. The molecule has 0 atom stereocenters. The van der Waals surface area contributed by atoms with Crippen LogP contribution in [0, 0.1) is 18.7 Å². The van der Waals surface area contributed by atoms with Gasteiger partial charge in [0, 0.05) is 42.3 Å². The van der Waals surface area contributed by atoms with Crippen LogP contribution in [0.2, 0.25) is 5.02 Å². The maximum atomic E-state index is 14.6. The Morgan fingerprint density at radius 1 is 1.24 bits per heavy atom. The SMILES string of the molecule is COc1ccc(-c2cnc3c(Nc4ccc(C(=O)N5CCC(CN)CC5)c(C)c4)nccn23)c(Cl)c1F.Cl. The van der Waals surface area contributed by atoms with E-state index in [1.807, 2.05) is 30.0 Å². The molecule has 2 aromatic carbocycles. The van der Waals surface area contributed by atoms with Crippen LogP contribution in [-0.2, 0) is 0 Å². The van der Waals surface area contributed by atoms with Crippen LogP contribution in [-0.4, -0.2) is 51.9 Å². The number of anilines is 2. The fourth-order valence-corrected chi connectivity index (χ4v) is 5.01. The number of benzene rings is 2. The van der Waals surface area contributed by atoms with Crippen LogP contribution in [0.4, 0.5) is 15.9 Å². The van der Waals surface area contributed by atoms with Gasteiger partial charge in [-0.2, -0.15) is 0 Å². The number of amides is 1. The van der Waals surface area contributed by atoms with Crippen LogP contribution < -0.4 is 15.8 Å². The number of aromatic nitrogens is 3. The van der Waals surface area contributed by atoms with Crippen molar-refractivity contribution in [3.8, 4) is 17.0 Å². The monoisotopic (exact) mass is 558 g/mol. The summed E-state index contributed by atoms with van der Waals surface area (Å²) in [7, 11) is 1.39.